The maximum absolute atomic E-state index is 12.1. The van der Waals surface area contributed by atoms with Crippen LogP contribution in [0, 0.1) is 5.92 Å². The number of carboxylic acid groups (broad SMARTS) is 1. The van der Waals surface area contributed by atoms with E-state index < -0.39 is 12.0 Å². The zero-order chi connectivity index (χ0) is 16.9. The van der Waals surface area contributed by atoms with Gasteiger partial charge in [0.15, 0.2) is 0 Å². The second kappa shape index (κ2) is 8.22. The van der Waals surface area contributed by atoms with Gasteiger partial charge in [-0.3, -0.25) is 4.79 Å². The van der Waals surface area contributed by atoms with E-state index in [-0.39, 0.29) is 17.1 Å². The Kier molecular flexibility index (Phi) is 6.94. The van der Waals surface area contributed by atoms with Gasteiger partial charge in [-0.25, -0.2) is 4.79 Å². The van der Waals surface area contributed by atoms with E-state index in [1.165, 1.54) is 17.3 Å². The first-order chi connectivity index (χ1) is 10.2. The van der Waals surface area contributed by atoms with Crippen LogP contribution in [-0.4, -0.2) is 28.3 Å². The van der Waals surface area contributed by atoms with E-state index in [1.807, 2.05) is 12.1 Å². The molecule has 0 aliphatic heterocycles. The van der Waals surface area contributed by atoms with Crippen LogP contribution in [0.3, 0.4) is 0 Å². The number of hydrogen-bond donors (Lipinski definition) is 2. The van der Waals surface area contributed by atoms with Crippen molar-refractivity contribution in [2.45, 2.75) is 56.7 Å². The lowest BCUT2D eigenvalue weighted by Gasteiger charge is -2.20. The molecule has 2 atom stereocenters. The van der Waals surface area contributed by atoms with Crippen molar-refractivity contribution < 1.29 is 14.7 Å². The Morgan fingerprint density at radius 1 is 1.05 bits per heavy atom. The minimum absolute atomic E-state index is 0.149. The number of nitrogens with one attached hydrogen (secondary N) is 1. The molecule has 0 fully saturated rings. The Labute approximate surface area is 136 Å². The topological polar surface area (TPSA) is 66.4 Å². The molecule has 0 saturated carbocycles. The van der Waals surface area contributed by atoms with Crippen molar-refractivity contribution in [2.75, 3.05) is 0 Å². The Bertz CT molecular complexity index is 511. The van der Waals surface area contributed by atoms with Crippen molar-refractivity contribution in [3.8, 4) is 0 Å². The van der Waals surface area contributed by atoms with Gasteiger partial charge in [0.2, 0.25) is 5.91 Å². The van der Waals surface area contributed by atoms with E-state index in [0.717, 1.165) is 4.90 Å². The van der Waals surface area contributed by atoms with Crippen molar-refractivity contribution in [1.82, 2.24) is 5.32 Å². The molecule has 0 saturated heterocycles. The van der Waals surface area contributed by atoms with Crippen molar-refractivity contribution in [3.63, 3.8) is 0 Å². The number of carbonyl (C=O) groups is 2. The zero-order valence-electron chi connectivity index (χ0n) is 13.8. The predicted octanol–water partition coefficient (Wildman–Crippen LogP) is 3.52. The van der Waals surface area contributed by atoms with Gasteiger partial charge in [-0.05, 0) is 36.5 Å². The molecule has 1 rings (SSSR count). The molecule has 1 aromatic rings. The molecule has 0 aliphatic carbocycles. The fourth-order valence-corrected chi connectivity index (χ4v) is 2.85. The highest BCUT2D eigenvalue weighted by Gasteiger charge is 2.26. The lowest BCUT2D eigenvalue weighted by atomic mass is 10.0. The van der Waals surface area contributed by atoms with Crippen LogP contribution in [0.2, 0.25) is 0 Å². The molecule has 1 amide bonds. The first-order valence-electron chi connectivity index (χ1n) is 7.52. The second-order valence-corrected chi connectivity index (χ2v) is 7.47. The number of rotatable bonds is 7. The van der Waals surface area contributed by atoms with Gasteiger partial charge in [-0.15, -0.1) is 11.8 Å². The minimum atomic E-state index is -0.998. The quantitative estimate of drug-likeness (QED) is 0.754. The summed E-state index contributed by atoms with van der Waals surface area (Å²) in [6, 6.07) is 7.28. The van der Waals surface area contributed by atoms with Gasteiger partial charge in [0.25, 0.3) is 0 Å². The summed E-state index contributed by atoms with van der Waals surface area (Å²) in [6.07, 6.45) is 0. The lowest BCUT2D eigenvalue weighted by molar-refractivity contribution is -0.143. The van der Waals surface area contributed by atoms with Gasteiger partial charge in [0.1, 0.15) is 6.04 Å². The van der Waals surface area contributed by atoms with Gasteiger partial charge in [0.05, 0.1) is 5.25 Å². The van der Waals surface area contributed by atoms with Gasteiger partial charge < -0.3 is 10.4 Å². The molecule has 0 aliphatic rings. The number of carbonyl (C=O) groups excluding carboxylic acids is 1. The van der Waals surface area contributed by atoms with Crippen LogP contribution in [-0.2, 0) is 9.59 Å². The van der Waals surface area contributed by atoms with Crippen LogP contribution in [0.5, 0.6) is 0 Å². The first-order valence-corrected chi connectivity index (χ1v) is 8.40. The lowest BCUT2D eigenvalue weighted by Crippen LogP contribution is -2.46. The highest BCUT2D eigenvalue weighted by molar-refractivity contribution is 8.00. The summed E-state index contributed by atoms with van der Waals surface area (Å²) in [5.74, 6) is -0.924. The summed E-state index contributed by atoms with van der Waals surface area (Å²) in [7, 11) is 0. The highest BCUT2D eigenvalue weighted by atomic mass is 32.2. The van der Waals surface area contributed by atoms with Crippen molar-refractivity contribution in [2.24, 2.45) is 5.92 Å². The van der Waals surface area contributed by atoms with E-state index in [1.54, 1.807) is 20.8 Å². The van der Waals surface area contributed by atoms with Crippen LogP contribution in [0.4, 0.5) is 0 Å². The molecule has 22 heavy (non-hydrogen) atoms. The number of aliphatic carboxylic acids is 1. The number of carboxylic acids is 1. The molecule has 5 heteroatoms. The maximum Gasteiger partial charge on any atom is 0.326 e. The number of thioether (sulfide) groups is 1. The third-order valence-electron chi connectivity index (χ3n) is 3.46. The molecular weight excluding hydrogens is 298 g/mol. The number of benzene rings is 1. The van der Waals surface area contributed by atoms with Crippen LogP contribution in [0.15, 0.2) is 29.2 Å². The SMILES string of the molecule is CC(Sc1ccc(C(C)C)cc1)C(=O)NC(C(=O)O)C(C)C. The summed E-state index contributed by atoms with van der Waals surface area (Å²) in [5, 5.41) is 11.4. The molecule has 0 aromatic heterocycles. The summed E-state index contributed by atoms with van der Waals surface area (Å²) in [5.41, 5.74) is 1.26. The molecule has 4 nitrogen and oxygen atoms in total. The number of hydrogen-bond acceptors (Lipinski definition) is 3. The van der Waals surface area contributed by atoms with Gasteiger partial charge >= 0.3 is 5.97 Å². The molecule has 122 valence electrons. The second-order valence-electron chi connectivity index (χ2n) is 6.05. The Balaban J connectivity index is 2.65. The fourth-order valence-electron chi connectivity index (χ4n) is 1.97. The smallest absolute Gasteiger partial charge is 0.326 e. The average molecular weight is 323 g/mol. The Morgan fingerprint density at radius 3 is 2.00 bits per heavy atom. The summed E-state index contributed by atoms with van der Waals surface area (Å²) < 4.78 is 0. The summed E-state index contributed by atoms with van der Waals surface area (Å²) in [4.78, 5) is 24.3. The Morgan fingerprint density at radius 2 is 1.59 bits per heavy atom. The fraction of sp³-hybridized carbons (Fsp3) is 0.529. The molecule has 0 spiro atoms. The largest absolute Gasteiger partial charge is 0.480 e. The third-order valence-corrected chi connectivity index (χ3v) is 4.57. The molecule has 0 radical (unpaired) electrons. The van der Waals surface area contributed by atoms with Crippen molar-refractivity contribution in [1.29, 1.82) is 0 Å². The maximum atomic E-state index is 12.1. The first kappa shape index (κ1) is 18.6. The molecule has 1 aromatic carbocycles. The normalized spacial score (nSPS) is 14.0. The van der Waals surface area contributed by atoms with Crippen LogP contribution in [0.25, 0.3) is 0 Å². The van der Waals surface area contributed by atoms with E-state index in [0.29, 0.717) is 5.92 Å². The molecule has 0 bridgehead atoms. The van der Waals surface area contributed by atoms with E-state index in [2.05, 4.69) is 31.3 Å². The Hall–Kier alpha value is -1.49. The highest BCUT2D eigenvalue weighted by Crippen LogP contribution is 2.25. The van der Waals surface area contributed by atoms with Gasteiger partial charge in [-0.2, -0.15) is 0 Å². The minimum Gasteiger partial charge on any atom is -0.480 e. The van der Waals surface area contributed by atoms with Crippen LogP contribution in [0.1, 0.15) is 46.1 Å². The van der Waals surface area contributed by atoms with E-state index >= 15 is 0 Å². The average Bonchev–Trinajstić information content (AvgIpc) is 2.44. The predicted molar refractivity (Wildman–Crippen MR) is 90.3 cm³/mol. The third kappa shape index (κ3) is 5.37. The summed E-state index contributed by atoms with van der Waals surface area (Å²) in [6.45, 7) is 9.62. The number of amides is 1. The van der Waals surface area contributed by atoms with E-state index in [9.17, 15) is 9.59 Å². The van der Waals surface area contributed by atoms with Crippen LogP contribution >= 0.6 is 11.8 Å². The van der Waals surface area contributed by atoms with Crippen LogP contribution < -0.4 is 5.32 Å². The van der Waals surface area contributed by atoms with E-state index in [4.69, 9.17) is 5.11 Å². The summed E-state index contributed by atoms with van der Waals surface area (Å²) >= 11 is 1.43. The standard InChI is InChI=1S/C17H25NO3S/c1-10(2)13-6-8-14(9-7-13)22-12(5)16(19)18-15(11(3)4)17(20)21/h6-12,15H,1-5H3,(H,18,19)(H,20,21). The zero-order valence-corrected chi connectivity index (χ0v) is 14.6. The monoisotopic (exact) mass is 323 g/mol. The molecular formula is C17H25NO3S. The van der Waals surface area contributed by atoms with Gasteiger partial charge in [0, 0.05) is 4.90 Å². The van der Waals surface area contributed by atoms with Crippen molar-refractivity contribution in [3.05, 3.63) is 29.8 Å². The molecule has 2 unspecified atom stereocenters. The molecule has 0 heterocycles. The van der Waals surface area contributed by atoms with Gasteiger partial charge in [-0.1, -0.05) is 39.8 Å². The van der Waals surface area contributed by atoms with Crippen molar-refractivity contribution >= 4 is 23.6 Å². The molecule has 2 N–H and O–H groups in total.